The van der Waals surface area contributed by atoms with Crippen molar-refractivity contribution >= 4 is 50.1 Å². The molecule has 2 N–H and O–H groups in total. The van der Waals surface area contributed by atoms with E-state index in [1.165, 1.54) is 65.7 Å². The van der Waals surface area contributed by atoms with Gasteiger partial charge in [-0.15, -0.1) is 0 Å². The minimum Gasteiger partial charge on any atom is -0.309 e. The summed E-state index contributed by atoms with van der Waals surface area (Å²) in [7, 11) is 0. The molecule has 4 nitrogen and oxygen atoms in total. The minimum atomic E-state index is -0.298. The standard InChI is InChI=1S/C48H38N4.C2H6.CH4/c1-49-47(36-28-26-34(27-29-36)33-14-4-2-5-15-33)51-48(35-16-6-3-7-17-35)50-32-39-20-12-23-41-40(39)22-13-25-45(41)52-44-24-11-10-21-42(44)43-30-37-18-8-9-19-38(37)31-46(43)52;1-2;/h2-31,47-48,50-51H,1,32H2;1-2H3;1H4. The molecule has 0 aliphatic rings. The number of para-hydroxylation sites is 1. The molecule has 1 heterocycles. The number of nitrogens with zero attached hydrogens (tertiary/aromatic N) is 2. The van der Waals surface area contributed by atoms with Crippen molar-refractivity contribution in [3.63, 3.8) is 0 Å². The second kappa shape index (κ2) is 16.8. The third kappa shape index (κ3) is 7.30. The van der Waals surface area contributed by atoms with Gasteiger partial charge in [-0.1, -0.05) is 179 Å². The van der Waals surface area contributed by atoms with E-state index in [2.05, 4.69) is 203 Å². The zero-order valence-corrected chi connectivity index (χ0v) is 30.8. The molecular formula is C51H48N4. The Hall–Kier alpha value is -6.33. The van der Waals surface area contributed by atoms with Gasteiger partial charge in [0.1, 0.15) is 6.17 Å². The Kier molecular flexibility index (Phi) is 11.3. The van der Waals surface area contributed by atoms with E-state index in [9.17, 15) is 0 Å². The molecule has 9 rings (SSSR count). The molecule has 4 heteroatoms. The van der Waals surface area contributed by atoms with Crippen LogP contribution in [0.4, 0.5) is 0 Å². The van der Waals surface area contributed by atoms with Crippen molar-refractivity contribution in [1.29, 1.82) is 0 Å². The molecule has 272 valence electrons. The van der Waals surface area contributed by atoms with Crippen LogP contribution in [0.25, 0.3) is 60.2 Å². The summed E-state index contributed by atoms with van der Waals surface area (Å²) in [6.07, 6.45) is -0.470. The molecule has 55 heavy (non-hydrogen) atoms. The van der Waals surface area contributed by atoms with E-state index in [1.807, 2.05) is 19.9 Å². The number of aliphatic imine (C=N–C) groups is 1. The Morgan fingerprint density at radius 1 is 0.527 bits per heavy atom. The topological polar surface area (TPSA) is 41.4 Å². The number of nitrogens with one attached hydrogen (secondary N) is 2. The van der Waals surface area contributed by atoms with Gasteiger partial charge < -0.3 is 4.57 Å². The highest BCUT2D eigenvalue weighted by Crippen LogP contribution is 2.37. The Labute approximate surface area is 324 Å². The Morgan fingerprint density at radius 3 is 1.87 bits per heavy atom. The maximum atomic E-state index is 4.54. The maximum absolute atomic E-state index is 4.54. The highest BCUT2D eigenvalue weighted by molar-refractivity contribution is 6.14. The zero-order valence-electron chi connectivity index (χ0n) is 30.8. The molecule has 8 aromatic carbocycles. The van der Waals surface area contributed by atoms with Crippen LogP contribution < -0.4 is 10.6 Å². The Balaban J connectivity index is 0.00000153. The molecule has 0 saturated carbocycles. The largest absolute Gasteiger partial charge is 0.309 e. The van der Waals surface area contributed by atoms with E-state index in [0.717, 1.165) is 11.1 Å². The summed E-state index contributed by atoms with van der Waals surface area (Å²) in [5, 5.41) is 15.1. The Morgan fingerprint density at radius 2 is 1.13 bits per heavy atom. The molecular weight excluding hydrogens is 669 g/mol. The van der Waals surface area contributed by atoms with Crippen LogP contribution >= 0.6 is 0 Å². The fourth-order valence-corrected chi connectivity index (χ4v) is 7.65. The lowest BCUT2D eigenvalue weighted by atomic mass is 10.0. The van der Waals surface area contributed by atoms with Gasteiger partial charge in [0, 0.05) is 22.7 Å². The van der Waals surface area contributed by atoms with Crippen LogP contribution in [0.1, 0.15) is 50.3 Å². The predicted octanol–water partition coefficient (Wildman–Crippen LogP) is 13.2. The molecule has 1 aromatic heterocycles. The van der Waals surface area contributed by atoms with Crippen molar-refractivity contribution in [3.05, 3.63) is 199 Å². The SMILES string of the molecule is C.C=NC(NC(NCc1cccc2c(-n3c4ccccc4c4cc5ccccc5cc43)cccc12)c1ccccc1)c1ccc(-c2ccccc2)cc1.CC. The molecule has 0 saturated heterocycles. The van der Waals surface area contributed by atoms with Crippen molar-refractivity contribution in [1.82, 2.24) is 15.2 Å². The highest BCUT2D eigenvalue weighted by Gasteiger charge is 2.19. The summed E-state index contributed by atoms with van der Waals surface area (Å²) in [5.41, 5.74) is 9.38. The quantitative estimate of drug-likeness (QED) is 0.109. The third-order valence-electron chi connectivity index (χ3n) is 10.2. The normalized spacial score (nSPS) is 12.2. The average molecular weight is 717 g/mol. The number of rotatable bonds is 10. The first kappa shape index (κ1) is 37.0. The summed E-state index contributed by atoms with van der Waals surface area (Å²) >= 11 is 0. The number of aromatic nitrogens is 1. The van der Waals surface area contributed by atoms with E-state index in [-0.39, 0.29) is 19.8 Å². The first-order valence-electron chi connectivity index (χ1n) is 18.8. The lowest BCUT2D eigenvalue weighted by Crippen LogP contribution is -2.36. The van der Waals surface area contributed by atoms with Gasteiger partial charge in [-0.2, -0.15) is 0 Å². The van der Waals surface area contributed by atoms with Crippen LogP contribution in [0.2, 0.25) is 0 Å². The van der Waals surface area contributed by atoms with E-state index in [0.29, 0.717) is 6.54 Å². The summed E-state index contributed by atoms with van der Waals surface area (Å²) in [6.45, 7) is 8.63. The molecule has 2 unspecified atom stereocenters. The van der Waals surface area contributed by atoms with Crippen LogP contribution in [-0.2, 0) is 6.54 Å². The average Bonchev–Trinajstić information content (AvgIpc) is 3.57. The molecule has 0 bridgehead atoms. The number of hydrogen-bond donors (Lipinski definition) is 2. The first-order chi connectivity index (χ1) is 26.7. The number of hydrogen-bond acceptors (Lipinski definition) is 3. The van der Waals surface area contributed by atoms with Crippen LogP contribution in [-0.4, -0.2) is 11.3 Å². The van der Waals surface area contributed by atoms with Gasteiger partial charge in [0.25, 0.3) is 0 Å². The van der Waals surface area contributed by atoms with Crippen LogP contribution in [0, 0.1) is 0 Å². The fourth-order valence-electron chi connectivity index (χ4n) is 7.65. The van der Waals surface area contributed by atoms with Crippen molar-refractivity contribution in [2.24, 2.45) is 4.99 Å². The Bertz CT molecular complexity index is 2680. The van der Waals surface area contributed by atoms with Gasteiger partial charge in [-0.25, -0.2) is 0 Å². The van der Waals surface area contributed by atoms with Crippen LogP contribution in [0.15, 0.2) is 187 Å². The number of fused-ring (bicyclic) bond motifs is 5. The zero-order chi connectivity index (χ0) is 36.9. The van der Waals surface area contributed by atoms with Gasteiger partial charge in [-0.05, 0) is 75.0 Å². The van der Waals surface area contributed by atoms with E-state index >= 15 is 0 Å². The van der Waals surface area contributed by atoms with E-state index in [4.69, 9.17) is 0 Å². The van der Waals surface area contributed by atoms with Crippen LogP contribution in [0.3, 0.4) is 0 Å². The molecule has 9 aromatic rings. The van der Waals surface area contributed by atoms with Crippen molar-refractivity contribution in [2.75, 3.05) is 0 Å². The maximum Gasteiger partial charge on any atom is 0.126 e. The summed E-state index contributed by atoms with van der Waals surface area (Å²) in [6, 6.07) is 64.9. The molecule has 0 amide bonds. The van der Waals surface area contributed by atoms with E-state index in [1.54, 1.807) is 0 Å². The van der Waals surface area contributed by atoms with Gasteiger partial charge in [0.15, 0.2) is 0 Å². The molecule has 0 spiro atoms. The molecule has 2 atom stereocenters. The van der Waals surface area contributed by atoms with E-state index < -0.39 is 0 Å². The summed E-state index contributed by atoms with van der Waals surface area (Å²) < 4.78 is 2.44. The first-order valence-corrected chi connectivity index (χ1v) is 18.8. The lowest BCUT2D eigenvalue weighted by Gasteiger charge is -2.26. The highest BCUT2D eigenvalue weighted by atomic mass is 15.2. The second-order valence-corrected chi connectivity index (χ2v) is 13.3. The van der Waals surface area contributed by atoms with Crippen molar-refractivity contribution < 1.29 is 0 Å². The van der Waals surface area contributed by atoms with Gasteiger partial charge in [0.05, 0.1) is 22.9 Å². The molecule has 0 radical (unpaired) electrons. The van der Waals surface area contributed by atoms with Crippen molar-refractivity contribution in [3.8, 4) is 16.8 Å². The smallest absolute Gasteiger partial charge is 0.126 e. The predicted molar refractivity (Wildman–Crippen MR) is 237 cm³/mol. The monoisotopic (exact) mass is 716 g/mol. The minimum absolute atomic E-state index is 0. The lowest BCUT2D eigenvalue weighted by molar-refractivity contribution is 0.388. The molecule has 0 aliphatic carbocycles. The van der Waals surface area contributed by atoms with Crippen LogP contribution in [0.5, 0.6) is 0 Å². The molecule has 0 aliphatic heterocycles. The summed E-state index contributed by atoms with van der Waals surface area (Å²) in [4.78, 5) is 4.54. The summed E-state index contributed by atoms with van der Waals surface area (Å²) in [5.74, 6) is 0. The van der Waals surface area contributed by atoms with Gasteiger partial charge in [-0.3, -0.25) is 15.6 Å². The number of benzene rings is 8. The van der Waals surface area contributed by atoms with Gasteiger partial charge in [0.2, 0.25) is 0 Å². The van der Waals surface area contributed by atoms with Crippen molar-refractivity contribution in [2.45, 2.75) is 40.2 Å². The fraction of sp³-hybridized carbons (Fsp3) is 0.118. The molecule has 0 fully saturated rings. The third-order valence-corrected chi connectivity index (χ3v) is 10.2. The second-order valence-electron chi connectivity index (χ2n) is 13.3. The van der Waals surface area contributed by atoms with Gasteiger partial charge >= 0.3 is 0 Å².